The monoisotopic (exact) mass is 226 g/mol. The second-order valence-corrected chi connectivity index (χ2v) is 3.88. The molecular weight excluding hydrogens is 211 g/mol. The Labute approximate surface area is 93.5 Å². The highest BCUT2D eigenvalue weighted by molar-refractivity contribution is 5.70. The van der Waals surface area contributed by atoms with Crippen molar-refractivity contribution in [2.24, 2.45) is 5.92 Å². The van der Waals surface area contributed by atoms with E-state index in [1.54, 1.807) is 13.8 Å². The summed E-state index contributed by atoms with van der Waals surface area (Å²) in [5.74, 6) is -2.50. The first-order chi connectivity index (χ1) is 7.45. The van der Waals surface area contributed by atoms with Gasteiger partial charge in [0.2, 0.25) is 0 Å². The number of carboxylic acids is 1. The van der Waals surface area contributed by atoms with Crippen LogP contribution in [0.1, 0.15) is 24.5 Å². The van der Waals surface area contributed by atoms with Crippen LogP contribution in [0.4, 0.5) is 4.39 Å². The van der Waals surface area contributed by atoms with Gasteiger partial charge < -0.3 is 10.2 Å². The van der Waals surface area contributed by atoms with Gasteiger partial charge in [0.1, 0.15) is 0 Å². The van der Waals surface area contributed by atoms with Crippen LogP contribution in [0.25, 0.3) is 0 Å². The quantitative estimate of drug-likeness (QED) is 0.829. The summed E-state index contributed by atoms with van der Waals surface area (Å²) in [5.41, 5.74) is 1.34. The highest BCUT2D eigenvalue weighted by Crippen LogP contribution is 2.23. The lowest BCUT2D eigenvalue weighted by Crippen LogP contribution is -2.16. The number of rotatable bonds is 4. The predicted octanol–water partition coefficient (Wildman–Crippen LogP) is 2.49. The molecular formula is C12H15FO3. The summed E-state index contributed by atoms with van der Waals surface area (Å²) in [6.45, 7) is 3.51. The van der Waals surface area contributed by atoms with Crippen molar-refractivity contribution < 1.29 is 19.4 Å². The van der Waals surface area contributed by atoms with Gasteiger partial charge in [-0.05, 0) is 43.0 Å². The third kappa shape index (κ3) is 2.72. The largest absolute Gasteiger partial charge is 0.505 e. The van der Waals surface area contributed by atoms with Crippen molar-refractivity contribution in [1.82, 2.24) is 0 Å². The molecule has 0 amide bonds. The summed E-state index contributed by atoms with van der Waals surface area (Å²) < 4.78 is 13.1. The molecule has 4 heteroatoms. The maximum absolute atomic E-state index is 13.1. The lowest BCUT2D eigenvalue weighted by atomic mass is 9.94. The maximum Gasteiger partial charge on any atom is 0.306 e. The van der Waals surface area contributed by atoms with Gasteiger partial charge in [-0.25, -0.2) is 4.39 Å². The molecule has 2 N–H and O–H groups in total. The third-order valence-corrected chi connectivity index (χ3v) is 2.71. The average molecular weight is 226 g/mol. The van der Waals surface area contributed by atoms with Gasteiger partial charge in [-0.2, -0.15) is 0 Å². The Morgan fingerprint density at radius 2 is 2.12 bits per heavy atom. The lowest BCUT2D eigenvalue weighted by molar-refractivity contribution is -0.141. The van der Waals surface area contributed by atoms with Gasteiger partial charge in [-0.15, -0.1) is 0 Å². The summed E-state index contributed by atoms with van der Waals surface area (Å²) >= 11 is 0. The standard InChI is InChI=1S/C12H15FO3/c1-3-8(12(15)16)5-9-6-10(13)11(14)4-7(9)2/h4,6,8,14H,3,5H2,1-2H3,(H,15,16). The van der Waals surface area contributed by atoms with Crippen molar-refractivity contribution in [2.45, 2.75) is 26.7 Å². The van der Waals surface area contributed by atoms with Crippen molar-refractivity contribution in [3.05, 3.63) is 29.1 Å². The molecule has 0 radical (unpaired) electrons. The summed E-state index contributed by atoms with van der Waals surface area (Å²) in [4.78, 5) is 10.9. The third-order valence-electron chi connectivity index (χ3n) is 2.71. The fourth-order valence-electron chi connectivity index (χ4n) is 1.60. The summed E-state index contributed by atoms with van der Waals surface area (Å²) in [7, 11) is 0. The van der Waals surface area contributed by atoms with Crippen molar-refractivity contribution in [1.29, 1.82) is 0 Å². The number of aromatic hydroxyl groups is 1. The zero-order valence-electron chi connectivity index (χ0n) is 9.33. The molecule has 1 aromatic rings. The minimum Gasteiger partial charge on any atom is -0.505 e. The fraction of sp³-hybridized carbons (Fsp3) is 0.417. The first kappa shape index (κ1) is 12.5. The van der Waals surface area contributed by atoms with E-state index in [1.165, 1.54) is 12.1 Å². The van der Waals surface area contributed by atoms with E-state index in [0.717, 1.165) is 0 Å². The van der Waals surface area contributed by atoms with Gasteiger partial charge >= 0.3 is 5.97 Å². The van der Waals surface area contributed by atoms with Crippen LogP contribution >= 0.6 is 0 Å². The van der Waals surface area contributed by atoms with Crippen molar-refractivity contribution >= 4 is 5.97 Å². The van der Waals surface area contributed by atoms with E-state index in [4.69, 9.17) is 10.2 Å². The van der Waals surface area contributed by atoms with Crippen LogP contribution in [0.2, 0.25) is 0 Å². The molecule has 1 unspecified atom stereocenters. The summed E-state index contributed by atoms with van der Waals surface area (Å²) in [6, 6.07) is 2.52. The van der Waals surface area contributed by atoms with Gasteiger partial charge in [-0.3, -0.25) is 4.79 Å². The average Bonchev–Trinajstić information content (AvgIpc) is 2.21. The first-order valence-electron chi connectivity index (χ1n) is 5.16. The molecule has 0 saturated heterocycles. The van der Waals surface area contributed by atoms with Crippen LogP contribution in [-0.2, 0) is 11.2 Å². The molecule has 0 saturated carbocycles. The zero-order chi connectivity index (χ0) is 12.3. The number of phenols is 1. The molecule has 3 nitrogen and oxygen atoms in total. The molecule has 0 aliphatic heterocycles. The maximum atomic E-state index is 13.1. The number of carboxylic acid groups (broad SMARTS) is 1. The van der Waals surface area contributed by atoms with Crippen molar-refractivity contribution in [2.75, 3.05) is 0 Å². The van der Waals surface area contributed by atoms with Crippen LogP contribution in [0.3, 0.4) is 0 Å². The molecule has 1 rings (SSSR count). The Balaban J connectivity index is 2.96. The van der Waals surface area contributed by atoms with Crippen LogP contribution in [0, 0.1) is 18.7 Å². The Kier molecular flexibility index (Phi) is 3.88. The van der Waals surface area contributed by atoms with Crippen LogP contribution < -0.4 is 0 Å². The van der Waals surface area contributed by atoms with Crippen LogP contribution in [-0.4, -0.2) is 16.2 Å². The molecule has 0 fully saturated rings. The number of hydrogen-bond acceptors (Lipinski definition) is 2. The number of phenolic OH excluding ortho intramolecular Hbond substituents is 1. The van der Waals surface area contributed by atoms with Gasteiger partial charge in [0.25, 0.3) is 0 Å². The number of carbonyl (C=O) groups is 1. The van der Waals surface area contributed by atoms with Crippen LogP contribution in [0.15, 0.2) is 12.1 Å². The highest BCUT2D eigenvalue weighted by atomic mass is 19.1. The first-order valence-corrected chi connectivity index (χ1v) is 5.16. The van der Waals surface area contributed by atoms with Gasteiger partial charge in [0.05, 0.1) is 5.92 Å². The Morgan fingerprint density at radius 1 is 1.50 bits per heavy atom. The molecule has 1 aromatic carbocycles. The molecule has 0 bridgehead atoms. The van der Waals surface area contributed by atoms with E-state index < -0.39 is 23.5 Å². The number of benzene rings is 1. The predicted molar refractivity (Wildman–Crippen MR) is 57.9 cm³/mol. The van der Waals surface area contributed by atoms with E-state index >= 15 is 0 Å². The van der Waals surface area contributed by atoms with E-state index in [0.29, 0.717) is 17.5 Å². The van der Waals surface area contributed by atoms with Gasteiger partial charge in [-0.1, -0.05) is 6.92 Å². The van der Waals surface area contributed by atoms with E-state index in [-0.39, 0.29) is 6.42 Å². The van der Waals surface area contributed by atoms with E-state index in [1.807, 2.05) is 0 Å². The lowest BCUT2D eigenvalue weighted by Gasteiger charge is -2.12. The summed E-state index contributed by atoms with van der Waals surface area (Å²) in [5, 5.41) is 18.0. The molecule has 0 aliphatic carbocycles. The van der Waals surface area contributed by atoms with Crippen LogP contribution in [0.5, 0.6) is 5.75 Å². The van der Waals surface area contributed by atoms with Crippen molar-refractivity contribution in [3.63, 3.8) is 0 Å². The number of aliphatic carboxylic acids is 1. The molecule has 1 atom stereocenters. The number of hydrogen-bond donors (Lipinski definition) is 2. The smallest absolute Gasteiger partial charge is 0.306 e. The fourth-order valence-corrected chi connectivity index (χ4v) is 1.60. The topological polar surface area (TPSA) is 57.5 Å². The second kappa shape index (κ2) is 4.96. The Hall–Kier alpha value is -1.58. The normalized spacial score (nSPS) is 12.4. The minimum absolute atomic E-state index is 0.287. The van der Waals surface area contributed by atoms with Crippen molar-refractivity contribution in [3.8, 4) is 5.75 Å². The molecule has 0 aliphatic rings. The van der Waals surface area contributed by atoms with Gasteiger partial charge in [0.15, 0.2) is 11.6 Å². The molecule has 0 heterocycles. The molecule has 88 valence electrons. The van der Waals surface area contributed by atoms with E-state index in [2.05, 4.69) is 0 Å². The van der Waals surface area contributed by atoms with E-state index in [9.17, 15) is 9.18 Å². The van der Waals surface area contributed by atoms with Gasteiger partial charge in [0, 0.05) is 0 Å². The SMILES string of the molecule is CCC(Cc1cc(F)c(O)cc1C)C(=O)O. The second-order valence-electron chi connectivity index (χ2n) is 3.88. The number of halogens is 1. The molecule has 0 spiro atoms. The highest BCUT2D eigenvalue weighted by Gasteiger charge is 2.17. The summed E-state index contributed by atoms with van der Waals surface area (Å²) in [6.07, 6.45) is 0.784. The minimum atomic E-state index is -0.879. The zero-order valence-corrected chi connectivity index (χ0v) is 9.33. The molecule has 16 heavy (non-hydrogen) atoms. The molecule has 0 aromatic heterocycles. The number of aryl methyl sites for hydroxylation is 1. The Morgan fingerprint density at radius 3 is 2.62 bits per heavy atom. The Bertz CT molecular complexity index is 401.